The number of halogens is 2. The number of anilines is 1. The average Bonchev–Trinajstić information content (AvgIpc) is 3.28. The molecule has 144 valence electrons. The third-order valence-corrected chi connectivity index (χ3v) is 5.09. The van der Waals surface area contributed by atoms with E-state index in [-0.39, 0.29) is 36.6 Å². The molecule has 0 aliphatic heterocycles. The standard InChI is InChI=1S/C20H22N4O.2ClH/c21-12-14-6-4-8-16(14)20(25)22-15-7-3-5-13(11-15)19-23-17-9-1-2-10-18(17)24-19;;/h1-3,5,7,9-11,14,16H,4,6,8,12,21H2,(H,22,25)(H,23,24);2*1H/t14-,16-;;/m1../s1. The van der Waals surface area contributed by atoms with Crippen molar-refractivity contribution in [2.45, 2.75) is 19.3 Å². The van der Waals surface area contributed by atoms with Crippen molar-refractivity contribution in [3.63, 3.8) is 0 Å². The van der Waals surface area contributed by atoms with Gasteiger partial charge in [0.2, 0.25) is 5.91 Å². The minimum atomic E-state index is 0. The SMILES string of the molecule is Cl.Cl.NC[C@H]1CCC[C@H]1C(=O)Nc1cccc(-c2nc3ccccc3[nH]2)c1. The van der Waals surface area contributed by atoms with Crippen LogP contribution in [0.3, 0.4) is 0 Å². The van der Waals surface area contributed by atoms with Crippen LogP contribution in [0.2, 0.25) is 0 Å². The number of aromatic amines is 1. The van der Waals surface area contributed by atoms with Crippen LogP contribution in [0.1, 0.15) is 19.3 Å². The molecule has 1 saturated carbocycles. The summed E-state index contributed by atoms with van der Waals surface area (Å²) in [7, 11) is 0. The second kappa shape index (κ2) is 9.22. The van der Waals surface area contributed by atoms with E-state index in [0.29, 0.717) is 12.5 Å². The normalized spacial score (nSPS) is 18.6. The zero-order valence-electron chi connectivity index (χ0n) is 14.9. The first kappa shape index (κ1) is 21.2. The summed E-state index contributed by atoms with van der Waals surface area (Å²) >= 11 is 0. The fourth-order valence-corrected chi connectivity index (χ4v) is 3.73. The van der Waals surface area contributed by atoms with Gasteiger partial charge < -0.3 is 16.0 Å². The van der Waals surface area contributed by atoms with Crippen molar-refractivity contribution in [3.05, 3.63) is 48.5 Å². The molecule has 5 nitrogen and oxygen atoms in total. The third-order valence-electron chi connectivity index (χ3n) is 5.09. The number of carbonyl (C=O) groups excluding carboxylic acids is 1. The largest absolute Gasteiger partial charge is 0.338 e. The van der Waals surface area contributed by atoms with E-state index in [4.69, 9.17) is 5.73 Å². The molecule has 2 aromatic carbocycles. The van der Waals surface area contributed by atoms with E-state index in [0.717, 1.165) is 47.4 Å². The molecule has 3 aromatic rings. The number of nitrogens with zero attached hydrogens (tertiary/aromatic N) is 1. The van der Waals surface area contributed by atoms with Gasteiger partial charge in [0.1, 0.15) is 5.82 Å². The van der Waals surface area contributed by atoms with Crippen LogP contribution in [0.25, 0.3) is 22.4 Å². The zero-order valence-corrected chi connectivity index (χ0v) is 16.5. The van der Waals surface area contributed by atoms with E-state index >= 15 is 0 Å². The van der Waals surface area contributed by atoms with Gasteiger partial charge in [0.15, 0.2) is 0 Å². The lowest BCUT2D eigenvalue weighted by molar-refractivity contribution is -0.120. The van der Waals surface area contributed by atoms with Crippen molar-refractivity contribution in [1.29, 1.82) is 0 Å². The Hall–Kier alpha value is -2.08. The van der Waals surface area contributed by atoms with Crippen molar-refractivity contribution in [3.8, 4) is 11.4 Å². The lowest BCUT2D eigenvalue weighted by Crippen LogP contribution is -2.29. The molecule has 7 heteroatoms. The van der Waals surface area contributed by atoms with Crippen LogP contribution < -0.4 is 11.1 Å². The van der Waals surface area contributed by atoms with Crippen LogP contribution in [-0.2, 0) is 4.79 Å². The number of imidazole rings is 1. The van der Waals surface area contributed by atoms with Gasteiger partial charge in [0.25, 0.3) is 0 Å². The molecule has 0 radical (unpaired) electrons. The quantitative estimate of drug-likeness (QED) is 0.600. The number of fused-ring (bicyclic) bond motifs is 1. The molecule has 4 N–H and O–H groups in total. The van der Waals surface area contributed by atoms with E-state index in [9.17, 15) is 4.79 Å². The molecule has 1 fully saturated rings. The van der Waals surface area contributed by atoms with Gasteiger partial charge in [0, 0.05) is 17.2 Å². The number of hydrogen-bond acceptors (Lipinski definition) is 3. The fraction of sp³-hybridized carbons (Fsp3) is 0.300. The van der Waals surface area contributed by atoms with Gasteiger partial charge in [0.05, 0.1) is 11.0 Å². The summed E-state index contributed by atoms with van der Waals surface area (Å²) in [5, 5.41) is 3.06. The maximum Gasteiger partial charge on any atom is 0.227 e. The summed E-state index contributed by atoms with van der Waals surface area (Å²) in [5.41, 5.74) is 9.49. The molecular formula is C20H24Cl2N4O. The minimum absolute atomic E-state index is 0. The third kappa shape index (κ3) is 4.43. The van der Waals surface area contributed by atoms with Gasteiger partial charge in [-0.25, -0.2) is 4.98 Å². The van der Waals surface area contributed by atoms with E-state index in [1.54, 1.807) is 0 Å². The first-order chi connectivity index (χ1) is 12.2. The number of rotatable bonds is 4. The number of aromatic nitrogens is 2. The van der Waals surface area contributed by atoms with E-state index in [1.165, 1.54) is 0 Å². The molecule has 4 rings (SSSR count). The Bertz CT molecular complexity index is 879. The number of H-pyrrole nitrogens is 1. The molecule has 0 unspecified atom stereocenters. The van der Waals surface area contributed by atoms with Crippen LogP contribution in [0, 0.1) is 11.8 Å². The summed E-state index contributed by atoms with van der Waals surface area (Å²) in [4.78, 5) is 20.5. The fourth-order valence-electron chi connectivity index (χ4n) is 3.73. The van der Waals surface area contributed by atoms with Crippen molar-refractivity contribution < 1.29 is 4.79 Å². The maximum absolute atomic E-state index is 12.6. The minimum Gasteiger partial charge on any atom is -0.338 e. The second-order valence-electron chi connectivity index (χ2n) is 6.71. The van der Waals surface area contributed by atoms with E-state index < -0.39 is 0 Å². The maximum atomic E-state index is 12.6. The van der Waals surface area contributed by atoms with Crippen molar-refractivity contribution in [2.24, 2.45) is 17.6 Å². The van der Waals surface area contributed by atoms with Crippen LogP contribution in [-0.4, -0.2) is 22.4 Å². The van der Waals surface area contributed by atoms with Crippen molar-refractivity contribution >= 4 is 47.4 Å². The van der Waals surface area contributed by atoms with Gasteiger partial charge in [-0.3, -0.25) is 4.79 Å². The highest BCUT2D eigenvalue weighted by atomic mass is 35.5. The van der Waals surface area contributed by atoms with Crippen molar-refractivity contribution in [2.75, 3.05) is 11.9 Å². The summed E-state index contributed by atoms with van der Waals surface area (Å²) < 4.78 is 0. The van der Waals surface area contributed by atoms with Gasteiger partial charge in [-0.05, 0) is 49.6 Å². The lowest BCUT2D eigenvalue weighted by Gasteiger charge is -2.17. The molecule has 0 spiro atoms. The molecule has 1 heterocycles. The van der Waals surface area contributed by atoms with Crippen LogP contribution in [0.5, 0.6) is 0 Å². The van der Waals surface area contributed by atoms with Gasteiger partial charge in [-0.2, -0.15) is 0 Å². The summed E-state index contributed by atoms with van der Waals surface area (Å²) in [6, 6.07) is 15.7. The Morgan fingerprint density at radius 1 is 1.15 bits per heavy atom. The predicted octanol–water partition coefficient (Wildman–Crippen LogP) is 4.39. The zero-order chi connectivity index (χ0) is 17.2. The Labute approximate surface area is 171 Å². The Balaban J connectivity index is 0.00000131. The Morgan fingerprint density at radius 3 is 2.74 bits per heavy atom. The number of carbonyl (C=O) groups is 1. The van der Waals surface area contributed by atoms with Gasteiger partial charge in [-0.15, -0.1) is 24.8 Å². The van der Waals surface area contributed by atoms with Crippen LogP contribution >= 0.6 is 24.8 Å². The second-order valence-corrected chi connectivity index (χ2v) is 6.71. The molecule has 27 heavy (non-hydrogen) atoms. The number of hydrogen-bond donors (Lipinski definition) is 3. The molecule has 1 amide bonds. The average molecular weight is 407 g/mol. The number of nitrogens with two attached hydrogens (primary N) is 1. The Kier molecular flexibility index (Phi) is 7.25. The molecular weight excluding hydrogens is 383 g/mol. The molecule has 0 bridgehead atoms. The Morgan fingerprint density at radius 2 is 1.96 bits per heavy atom. The number of amides is 1. The first-order valence-corrected chi connectivity index (χ1v) is 8.81. The summed E-state index contributed by atoms with van der Waals surface area (Å²) in [5.74, 6) is 1.21. The summed E-state index contributed by atoms with van der Waals surface area (Å²) in [6.07, 6.45) is 3.06. The molecule has 0 saturated heterocycles. The predicted molar refractivity (Wildman–Crippen MR) is 115 cm³/mol. The highest BCUT2D eigenvalue weighted by Gasteiger charge is 2.31. The molecule has 1 aliphatic carbocycles. The van der Waals surface area contributed by atoms with E-state index in [2.05, 4.69) is 15.3 Å². The number of nitrogens with one attached hydrogen (secondary N) is 2. The molecule has 1 aromatic heterocycles. The smallest absolute Gasteiger partial charge is 0.227 e. The van der Waals surface area contributed by atoms with E-state index in [1.807, 2.05) is 48.5 Å². The van der Waals surface area contributed by atoms with Crippen molar-refractivity contribution in [1.82, 2.24) is 9.97 Å². The van der Waals surface area contributed by atoms with Gasteiger partial charge >= 0.3 is 0 Å². The van der Waals surface area contributed by atoms with Crippen LogP contribution in [0.15, 0.2) is 48.5 Å². The first-order valence-electron chi connectivity index (χ1n) is 8.81. The summed E-state index contributed by atoms with van der Waals surface area (Å²) in [6.45, 7) is 0.580. The van der Waals surface area contributed by atoms with Gasteiger partial charge in [-0.1, -0.05) is 30.7 Å². The molecule has 2 atom stereocenters. The number of para-hydroxylation sites is 2. The lowest BCUT2D eigenvalue weighted by atomic mass is 9.95. The number of benzene rings is 2. The highest BCUT2D eigenvalue weighted by Crippen LogP contribution is 2.32. The van der Waals surface area contributed by atoms with Crippen LogP contribution in [0.4, 0.5) is 5.69 Å². The topological polar surface area (TPSA) is 83.8 Å². The monoisotopic (exact) mass is 406 g/mol. The molecule has 1 aliphatic rings. The highest BCUT2D eigenvalue weighted by molar-refractivity contribution is 5.93.